The van der Waals surface area contributed by atoms with E-state index in [1.165, 1.54) is 0 Å². The summed E-state index contributed by atoms with van der Waals surface area (Å²) in [4.78, 5) is 11.1. The van der Waals surface area contributed by atoms with Gasteiger partial charge in [-0.25, -0.2) is 4.79 Å². The van der Waals surface area contributed by atoms with E-state index in [9.17, 15) is 4.79 Å². The van der Waals surface area contributed by atoms with Crippen LogP contribution in [0.15, 0.2) is 18.2 Å². The van der Waals surface area contributed by atoms with Gasteiger partial charge >= 0.3 is 5.97 Å². The van der Waals surface area contributed by atoms with Crippen LogP contribution in [-0.4, -0.2) is 30.4 Å². The Kier molecular flexibility index (Phi) is 4.04. The van der Waals surface area contributed by atoms with E-state index in [1.54, 1.807) is 18.2 Å². The van der Waals surface area contributed by atoms with Gasteiger partial charge in [-0.2, -0.15) is 0 Å². The lowest BCUT2D eigenvalue weighted by molar-refractivity contribution is 0.0690. The molecule has 1 aromatic rings. The average Bonchev–Trinajstić information content (AvgIpc) is 2.81. The number of benzene rings is 1. The predicted octanol–water partition coefficient (Wildman–Crippen LogP) is 1.91. The van der Waals surface area contributed by atoms with Crippen LogP contribution in [-0.2, 0) is 4.74 Å². The molecule has 0 amide bonds. The molecule has 1 heterocycles. The molecule has 2 rings (SSSR count). The van der Waals surface area contributed by atoms with Crippen LogP contribution >= 0.6 is 0 Å². The molecule has 0 aromatic heterocycles. The zero-order valence-corrected chi connectivity index (χ0v) is 10.1. The smallest absolute Gasteiger partial charge is 0.341 e. The largest absolute Gasteiger partial charge is 0.493 e. The first-order valence-corrected chi connectivity index (χ1v) is 6.04. The quantitative estimate of drug-likeness (QED) is 0.781. The molecule has 1 aliphatic heterocycles. The van der Waals surface area contributed by atoms with Gasteiger partial charge in [-0.05, 0) is 25.0 Å². The highest BCUT2D eigenvalue weighted by atomic mass is 16.5. The SMILES string of the molecule is Nc1cccc(OCCC2CCCO2)c1C(=O)O. The molecule has 0 bridgehead atoms. The number of aromatic carboxylic acids is 1. The highest BCUT2D eigenvalue weighted by Gasteiger charge is 2.17. The van der Waals surface area contributed by atoms with E-state index in [4.69, 9.17) is 20.3 Å². The Bertz CT molecular complexity index is 427. The van der Waals surface area contributed by atoms with Crippen molar-refractivity contribution in [3.05, 3.63) is 23.8 Å². The number of anilines is 1. The number of nitrogen functional groups attached to an aromatic ring is 1. The lowest BCUT2D eigenvalue weighted by Gasteiger charge is -2.13. The Morgan fingerprint density at radius 2 is 2.39 bits per heavy atom. The fraction of sp³-hybridized carbons (Fsp3) is 0.462. The van der Waals surface area contributed by atoms with Gasteiger partial charge in [0.1, 0.15) is 11.3 Å². The van der Waals surface area contributed by atoms with Crippen LogP contribution in [0.2, 0.25) is 0 Å². The van der Waals surface area contributed by atoms with E-state index in [1.807, 2.05) is 0 Å². The van der Waals surface area contributed by atoms with Gasteiger partial charge in [-0.3, -0.25) is 0 Å². The lowest BCUT2D eigenvalue weighted by atomic mass is 10.1. The Hall–Kier alpha value is -1.75. The molecule has 5 heteroatoms. The molecule has 1 fully saturated rings. The Balaban J connectivity index is 1.96. The van der Waals surface area contributed by atoms with Gasteiger partial charge in [0.25, 0.3) is 0 Å². The maximum absolute atomic E-state index is 11.1. The predicted molar refractivity (Wildman–Crippen MR) is 66.9 cm³/mol. The number of hydrogen-bond donors (Lipinski definition) is 2. The van der Waals surface area contributed by atoms with E-state index in [0.717, 1.165) is 25.9 Å². The second kappa shape index (κ2) is 5.73. The summed E-state index contributed by atoms with van der Waals surface area (Å²) in [7, 11) is 0. The third-order valence-corrected chi connectivity index (χ3v) is 2.99. The summed E-state index contributed by atoms with van der Waals surface area (Å²) >= 11 is 0. The number of rotatable bonds is 5. The van der Waals surface area contributed by atoms with Gasteiger partial charge in [0.05, 0.1) is 12.7 Å². The highest BCUT2D eigenvalue weighted by molar-refractivity contribution is 5.96. The third-order valence-electron chi connectivity index (χ3n) is 2.99. The van der Waals surface area contributed by atoms with E-state index >= 15 is 0 Å². The molecule has 0 aliphatic carbocycles. The standard InChI is InChI=1S/C13H17NO4/c14-10-4-1-5-11(12(10)13(15)16)18-8-6-9-3-2-7-17-9/h1,4-5,9H,2-3,6-8,14H2,(H,15,16). The summed E-state index contributed by atoms with van der Waals surface area (Å²) in [6.45, 7) is 1.25. The summed E-state index contributed by atoms with van der Waals surface area (Å²) in [6.07, 6.45) is 3.14. The molecule has 5 nitrogen and oxygen atoms in total. The minimum absolute atomic E-state index is 0.0323. The first-order valence-electron chi connectivity index (χ1n) is 6.04. The number of ether oxygens (including phenoxy) is 2. The van der Waals surface area contributed by atoms with Crippen LogP contribution in [0, 0.1) is 0 Å². The van der Waals surface area contributed by atoms with Gasteiger partial charge in [0.15, 0.2) is 0 Å². The molecule has 1 aliphatic rings. The molecule has 0 saturated carbocycles. The van der Waals surface area contributed by atoms with Crippen LogP contribution in [0.5, 0.6) is 5.75 Å². The van der Waals surface area contributed by atoms with E-state index < -0.39 is 5.97 Å². The molecule has 1 aromatic carbocycles. The molecule has 1 saturated heterocycles. The van der Waals surface area contributed by atoms with Crippen LogP contribution in [0.1, 0.15) is 29.6 Å². The molecular formula is C13H17NO4. The molecule has 0 spiro atoms. The first kappa shape index (κ1) is 12.7. The van der Waals surface area contributed by atoms with Crippen molar-refractivity contribution in [2.24, 2.45) is 0 Å². The van der Waals surface area contributed by atoms with Crippen molar-refractivity contribution in [2.45, 2.75) is 25.4 Å². The minimum Gasteiger partial charge on any atom is -0.493 e. The number of hydrogen-bond acceptors (Lipinski definition) is 4. The molecule has 1 unspecified atom stereocenters. The normalized spacial score (nSPS) is 18.8. The van der Waals surface area contributed by atoms with Gasteiger partial charge in [0, 0.05) is 18.7 Å². The van der Waals surface area contributed by atoms with Crippen molar-refractivity contribution in [2.75, 3.05) is 18.9 Å². The van der Waals surface area contributed by atoms with Crippen LogP contribution in [0.25, 0.3) is 0 Å². The van der Waals surface area contributed by atoms with E-state index in [-0.39, 0.29) is 17.4 Å². The second-order valence-corrected chi connectivity index (χ2v) is 4.30. The lowest BCUT2D eigenvalue weighted by Crippen LogP contribution is -2.13. The maximum atomic E-state index is 11.1. The monoisotopic (exact) mass is 251 g/mol. The van der Waals surface area contributed by atoms with Gasteiger partial charge in [-0.15, -0.1) is 0 Å². The van der Waals surface area contributed by atoms with Crippen molar-refractivity contribution in [3.8, 4) is 5.75 Å². The zero-order valence-electron chi connectivity index (χ0n) is 10.1. The maximum Gasteiger partial charge on any atom is 0.341 e. The Morgan fingerprint density at radius 1 is 1.56 bits per heavy atom. The van der Waals surface area contributed by atoms with Crippen molar-refractivity contribution in [3.63, 3.8) is 0 Å². The van der Waals surface area contributed by atoms with Crippen LogP contribution in [0.3, 0.4) is 0 Å². The van der Waals surface area contributed by atoms with Gasteiger partial charge in [-0.1, -0.05) is 6.07 Å². The van der Waals surface area contributed by atoms with Crippen molar-refractivity contribution < 1.29 is 19.4 Å². The van der Waals surface area contributed by atoms with Crippen LogP contribution < -0.4 is 10.5 Å². The number of carboxylic acids is 1. The Morgan fingerprint density at radius 3 is 3.06 bits per heavy atom. The molecule has 1 atom stereocenters. The molecule has 98 valence electrons. The van der Waals surface area contributed by atoms with Crippen molar-refractivity contribution in [1.82, 2.24) is 0 Å². The third kappa shape index (κ3) is 2.92. The molecule has 18 heavy (non-hydrogen) atoms. The summed E-state index contributed by atoms with van der Waals surface area (Å²) in [5.74, 6) is -0.749. The summed E-state index contributed by atoms with van der Waals surface area (Å²) in [6, 6.07) is 4.86. The fourth-order valence-corrected chi connectivity index (χ4v) is 2.07. The number of carboxylic acid groups (broad SMARTS) is 1. The van der Waals surface area contributed by atoms with Crippen molar-refractivity contribution in [1.29, 1.82) is 0 Å². The van der Waals surface area contributed by atoms with E-state index in [2.05, 4.69) is 0 Å². The van der Waals surface area contributed by atoms with E-state index in [0.29, 0.717) is 12.4 Å². The average molecular weight is 251 g/mol. The first-order chi connectivity index (χ1) is 8.68. The Labute approximate surface area is 106 Å². The summed E-state index contributed by atoms with van der Waals surface area (Å²) < 4.78 is 11.0. The van der Waals surface area contributed by atoms with Gasteiger partial charge < -0.3 is 20.3 Å². The zero-order chi connectivity index (χ0) is 13.0. The minimum atomic E-state index is -1.07. The highest BCUT2D eigenvalue weighted by Crippen LogP contribution is 2.25. The van der Waals surface area contributed by atoms with Gasteiger partial charge in [0.2, 0.25) is 0 Å². The summed E-state index contributed by atoms with van der Waals surface area (Å²) in [5.41, 5.74) is 5.88. The molecule has 0 radical (unpaired) electrons. The molecular weight excluding hydrogens is 234 g/mol. The fourth-order valence-electron chi connectivity index (χ4n) is 2.07. The van der Waals surface area contributed by atoms with Crippen molar-refractivity contribution >= 4 is 11.7 Å². The summed E-state index contributed by atoms with van der Waals surface area (Å²) in [5, 5.41) is 9.07. The molecule has 3 N–H and O–H groups in total. The number of carbonyl (C=O) groups is 1. The number of nitrogens with two attached hydrogens (primary N) is 1. The second-order valence-electron chi connectivity index (χ2n) is 4.30. The van der Waals surface area contributed by atoms with Crippen LogP contribution in [0.4, 0.5) is 5.69 Å². The topological polar surface area (TPSA) is 81.8 Å².